The van der Waals surface area contributed by atoms with Crippen LogP contribution in [-0.2, 0) is 11.2 Å². The van der Waals surface area contributed by atoms with Gasteiger partial charge in [0.25, 0.3) is 0 Å². The summed E-state index contributed by atoms with van der Waals surface area (Å²) in [6.07, 6.45) is 0.900. The van der Waals surface area contributed by atoms with E-state index in [9.17, 15) is 9.59 Å². The largest absolute Gasteiger partial charge is 0.352 e. The smallest absolute Gasteiger partial charge is 0.312 e. The Morgan fingerprint density at radius 2 is 2.00 bits per heavy atom. The number of hydrogen-bond donors (Lipinski definition) is 3. The summed E-state index contributed by atoms with van der Waals surface area (Å²) in [7, 11) is 0. The van der Waals surface area contributed by atoms with Crippen LogP contribution in [0.15, 0.2) is 24.3 Å². The maximum atomic E-state index is 12.1. The highest BCUT2D eigenvalue weighted by Crippen LogP contribution is 2.13. The molecule has 0 heterocycles. The molecule has 0 fully saturated rings. The van der Waals surface area contributed by atoms with Crippen molar-refractivity contribution in [2.75, 3.05) is 5.32 Å². The molecule has 0 aliphatic heterocycles. The number of carbonyl (C=O) groups excluding carboxylic acids is 2. The molecule has 4 N–H and O–H groups in total. The van der Waals surface area contributed by atoms with E-state index in [0.29, 0.717) is 0 Å². The maximum absolute atomic E-state index is 12.1. The van der Waals surface area contributed by atoms with Crippen LogP contribution >= 0.6 is 0 Å². The Morgan fingerprint density at radius 1 is 1.32 bits per heavy atom. The van der Waals surface area contributed by atoms with Gasteiger partial charge < -0.3 is 16.4 Å². The number of primary amides is 1. The van der Waals surface area contributed by atoms with E-state index in [-0.39, 0.29) is 11.8 Å². The van der Waals surface area contributed by atoms with Crippen molar-refractivity contribution in [1.29, 1.82) is 0 Å². The Hall–Kier alpha value is -2.04. The molecule has 0 spiro atoms. The fraction of sp³-hybridized carbons (Fsp3) is 0.429. The van der Waals surface area contributed by atoms with E-state index in [2.05, 4.69) is 10.6 Å². The van der Waals surface area contributed by atoms with Crippen molar-refractivity contribution in [3.05, 3.63) is 29.8 Å². The van der Waals surface area contributed by atoms with Gasteiger partial charge in [-0.2, -0.15) is 0 Å². The minimum Gasteiger partial charge on any atom is -0.352 e. The van der Waals surface area contributed by atoms with E-state index in [1.807, 2.05) is 45.0 Å². The van der Waals surface area contributed by atoms with E-state index in [4.69, 9.17) is 5.73 Å². The van der Waals surface area contributed by atoms with Crippen molar-refractivity contribution in [2.24, 2.45) is 11.7 Å². The molecule has 1 atom stereocenters. The Bertz CT molecular complexity index is 458. The lowest BCUT2D eigenvalue weighted by molar-refractivity contribution is -0.118. The van der Waals surface area contributed by atoms with Gasteiger partial charge >= 0.3 is 6.03 Å². The number of hydrogen-bond acceptors (Lipinski definition) is 2. The number of nitrogens with one attached hydrogen (secondary N) is 2. The van der Waals surface area contributed by atoms with Crippen molar-refractivity contribution in [1.82, 2.24) is 5.32 Å². The maximum Gasteiger partial charge on any atom is 0.312 e. The average molecular weight is 263 g/mol. The predicted octanol–water partition coefficient (Wildman–Crippen LogP) is 1.88. The van der Waals surface area contributed by atoms with Crippen molar-refractivity contribution in [2.45, 2.75) is 33.2 Å². The van der Waals surface area contributed by atoms with Gasteiger partial charge in [0.05, 0.1) is 0 Å². The molecule has 0 bridgehead atoms. The highest BCUT2D eigenvalue weighted by molar-refractivity contribution is 5.97. The van der Waals surface area contributed by atoms with Crippen LogP contribution < -0.4 is 16.4 Å². The quantitative estimate of drug-likeness (QED) is 0.757. The Kier molecular flexibility index (Phi) is 5.36. The number of benzene rings is 1. The van der Waals surface area contributed by atoms with Gasteiger partial charge in [-0.3, -0.25) is 4.79 Å². The Morgan fingerprint density at radius 3 is 2.53 bits per heavy atom. The van der Waals surface area contributed by atoms with Gasteiger partial charge in [0, 0.05) is 5.69 Å². The third-order valence-corrected chi connectivity index (χ3v) is 2.85. The average Bonchev–Trinajstić information content (AvgIpc) is 2.35. The van der Waals surface area contributed by atoms with E-state index < -0.39 is 12.1 Å². The van der Waals surface area contributed by atoms with Crippen LogP contribution in [0.1, 0.15) is 26.3 Å². The number of rotatable bonds is 5. The molecule has 0 aliphatic rings. The summed E-state index contributed by atoms with van der Waals surface area (Å²) in [5, 5.41) is 5.25. The molecule has 1 aromatic carbocycles. The second kappa shape index (κ2) is 6.78. The molecule has 1 aromatic rings. The van der Waals surface area contributed by atoms with E-state index >= 15 is 0 Å². The van der Waals surface area contributed by atoms with Gasteiger partial charge in [0.15, 0.2) is 0 Å². The number of anilines is 1. The van der Waals surface area contributed by atoms with Gasteiger partial charge in [0.2, 0.25) is 5.91 Å². The van der Waals surface area contributed by atoms with Crippen molar-refractivity contribution >= 4 is 17.6 Å². The number of carbonyl (C=O) groups is 2. The zero-order valence-electron chi connectivity index (χ0n) is 11.6. The normalized spacial score (nSPS) is 12.0. The fourth-order valence-corrected chi connectivity index (χ4v) is 1.78. The van der Waals surface area contributed by atoms with Crippen LogP contribution in [0.2, 0.25) is 0 Å². The summed E-state index contributed by atoms with van der Waals surface area (Å²) >= 11 is 0. The van der Waals surface area contributed by atoms with Crippen molar-refractivity contribution < 1.29 is 9.59 Å². The fourth-order valence-electron chi connectivity index (χ4n) is 1.78. The third-order valence-electron chi connectivity index (χ3n) is 2.85. The van der Waals surface area contributed by atoms with Crippen LogP contribution in [0.5, 0.6) is 0 Å². The van der Waals surface area contributed by atoms with Crippen molar-refractivity contribution in [3.8, 4) is 0 Å². The highest BCUT2D eigenvalue weighted by Gasteiger charge is 2.23. The van der Waals surface area contributed by atoms with Crippen LogP contribution in [0.4, 0.5) is 10.5 Å². The minimum absolute atomic E-state index is 0.0399. The molecule has 0 aromatic heterocycles. The van der Waals surface area contributed by atoms with Crippen LogP contribution in [0, 0.1) is 5.92 Å². The molecular weight excluding hydrogens is 242 g/mol. The molecule has 19 heavy (non-hydrogen) atoms. The van der Waals surface area contributed by atoms with Gasteiger partial charge in [-0.15, -0.1) is 0 Å². The lowest BCUT2D eigenvalue weighted by Gasteiger charge is -2.20. The molecule has 0 saturated carbocycles. The van der Waals surface area contributed by atoms with Gasteiger partial charge in [-0.25, -0.2) is 4.79 Å². The van der Waals surface area contributed by atoms with E-state index in [0.717, 1.165) is 17.7 Å². The number of urea groups is 1. The molecule has 0 saturated heterocycles. The van der Waals surface area contributed by atoms with Crippen LogP contribution in [0.3, 0.4) is 0 Å². The predicted molar refractivity (Wildman–Crippen MR) is 75.8 cm³/mol. The summed E-state index contributed by atoms with van der Waals surface area (Å²) < 4.78 is 0. The summed E-state index contributed by atoms with van der Waals surface area (Å²) in [6.45, 7) is 5.75. The Labute approximate surface area is 113 Å². The summed E-state index contributed by atoms with van der Waals surface area (Å²) in [5.41, 5.74) is 6.94. The van der Waals surface area contributed by atoms with Gasteiger partial charge in [-0.05, 0) is 30.0 Å². The summed E-state index contributed by atoms with van der Waals surface area (Å²) in [6, 6.07) is 6.29. The standard InChI is InChI=1S/C14H21N3O2/c1-4-10-6-5-7-11(8-10)16-13(18)12(9(2)3)17-14(15)19/h5-9,12H,4H2,1-3H3,(H,16,18)(H3,15,17,19)/t12-/m1/s1. The Balaban J connectivity index is 2.77. The molecule has 5 nitrogen and oxygen atoms in total. The zero-order chi connectivity index (χ0) is 14.4. The van der Waals surface area contributed by atoms with Crippen LogP contribution in [-0.4, -0.2) is 18.0 Å². The first kappa shape index (κ1) is 15.0. The third kappa shape index (κ3) is 4.62. The molecular formula is C14H21N3O2. The van der Waals surface area contributed by atoms with E-state index in [1.54, 1.807) is 0 Å². The first-order valence-corrected chi connectivity index (χ1v) is 6.39. The lowest BCUT2D eigenvalue weighted by atomic mass is 10.0. The first-order valence-electron chi connectivity index (χ1n) is 6.39. The van der Waals surface area contributed by atoms with E-state index in [1.165, 1.54) is 0 Å². The number of nitrogens with two attached hydrogens (primary N) is 1. The zero-order valence-corrected chi connectivity index (χ0v) is 11.6. The molecule has 5 heteroatoms. The van der Waals surface area contributed by atoms with Crippen molar-refractivity contribution in [3.63, 3.8) is 0 Å². The SMILES string of the molecule is CCc1cccc(NC(=O)[C@H](NC(N)=O)C(C)C)c1. The topological polar surface area (TPSA) is 84.2 Å². The van der Waals surface area contributed by atoms with Gasteiger partial charge in [0.1, 0.15) is 6.04 Å². The monoisotopic (exact) mass is 263 g/mol. The molecule has 1 rings (SSSR count). The summed E-state index contributed by atoms with van der Waals surface area (Å²) in [4.78, 5) is 23.0. The van der Waals surface area contributed by atoms with Gasteiger partial charge in [-0.1, -0.05) is 32.9 Å². The lowest BCUT2D eigenvalue weighted by Crippen LogP contribution is -2.49. The second-order valence-corrected chi connectivity index (χ2v) is 4.77. The molecule has 0 radical (unpaired) electrons. The molecule has 0 unspecified atom stereocenters. The molecule has 104 valence electrons. The molecule has 0 aliphatic carbocycles. The number of aryl methyl sites for hydroxylation is 1. The number of amides is 3. The first-order chi connectivity index (χ1) is 8.93. The van der Waals surface area contributed by atoms with Crippen LogP contribution in [0.25, 0.3) is 0 Å². The second-order valence-electron chi connectivity index (χ2n) is 4.77. The molecule has 3 amide bonds. The highest BCUT2D eigenvalue weighted by atomic mass is 16.2. The minimum atomic E-state index is -0.698. The summed E-state index contributed by atoms with van der Waals surface area (Å²) in [5.74, 6) is -0.302.